The number of halogens is 2. The predicted molar refractivity (Wildman–Crippen MR) is 113 cm³/mol. The van der Waals surface area contributed by atoms with Crippen LogP contribution in [0.25, 0.3) is 16.6 Å². The second kappa shape index (κ2) is 7.63. The second-order valence-corrected chi connectivity index (χ2v) is 7.72. The lowest BCUT2D eigenvalue weighted by Crippen LogP contribution is -2.27. The first-order valence-electron chi connectivity index (χ1n) is 9.58. The van der Waals surface area contributed by atoms with Crippen molar-refractivity contribution in [2.75, 3.05) is 13.2 Å². The lowest BCUT2D eigenvalue weighted by Gasteiger charge is -2.19. The number of nitrogens with zero attached hydrogens (tertiary/aromatic N) is 2. The van der Waals surface area contributed by atoms with Gasteiger partial charge in [0.1, 0.15) is 18.2 Å². The molecule has 1 aliphatic rings. The van der Waals surface area contributed by atoms with Crippen molar-refractivity contribution in [3.63, 3.8) is 0 Å². The summed E-state index contributed by atoms with van der Waals surface area (Å²) in [4.78, 5) is 14.2. The van der Waals surface area contributed by atoms with Gasteiger partial charge in [0.15, 0.2) is 5.43 Å². The fraction of sp³-hybridized carbons (Fsp3) is 0.174. The minimum atomic E-state index is -0.269. The fourth-order valence-corrected chi connectivity index (χ4v) is 4.15. The quantitative estimate of drug-likeness (QED) is 0.475. The lowest BCUT2D eigenvalue weighted by atomic mass is 10.1. The molecule has 0 bridgehead atoms. The van der Waals surface area contributed by atoms with E-state index in [0.29, 0.717) is 42.6 Å². The Morgan fingerprint density at radius 3 is 2.90 bits per heavy atom. The molecule has 7 heteroatoms. The Balaban J connectivity index is 1.52. The summed E-state index contributed by atoms with van der Waals surface area (Å²) in [6.07, 6.45) is 4.77. The van der Waals surface area contributed by atoms with Gasteiger partial charge in [-0.3, -0.25) is 9.69 Å². The van der Waals surface area contributed by atoms with Crippen molar-refractivity contribution in [2.24, 2.45) is 0 Å². The molecular weight excluding hydrogens is 407 g/mol. The molecule has 30 heavy (non-hydrogen) atoms. The first-order valence-corrected chi connectivity index (χ1v) is 9.96. The monoisotopic (exact) mass is 424 g/mol. The highest BCUT2D eigenvalue weighted by molar-refractivity contribution is 6.32. The first kappa shape index (κ1) is 18.9. The minimum Gasteiger partial charge on any atom is -0.490 e. The number of hydrogen-bond acceptors (Lipinski definition) is 4. The zero-order valence-electron chi connectivity index (χ0n) is 16.0. The summed E-state index contributed by atoms with van der Waals surface area (Å²) in [7, 11) is 0. The molecule has 0 N–H and O–H groups in total. The van der Waals surface area contributed by atoms with Crippen molar-refractivity contribution < 1.29 is 13.5 Å². The largest absolute Gasteiger partial charge is 0.490 e. The van der Waals surface area contributed by atoms with Crippen LogP contribution in [-0.2, 0) is 13.1 Å². The molecule has 2 aromatic heterocycles. The maximum absolute atomic E-state index is 13.6. The van der Waals surface area contributed by atoms with Gasteiger partial charge in [0.2, 0.25) is 0 Å². The highest BCUT2D eigenvalue weighted by Crippen LogP contribution is 2.35. The van der Waals surface area contributed by atoms with Gasteiger partial charge in [-0.05, 0) is 36.4 Å². The molecule has 0 unspecified atom stereocenters. The van der Waals surface area contributed by atoms with Crippen LogP contribution in [0, 0.1) is 5.82 Å². The molecule has 5 rings (SSSR count). The Hall–Kier alpha value is -3.09. The molecule has 0 radical (unpaired) electrons. The highest BCUT2D eigenvalue weighted by atomic mass is 35.5. The van der Waals surface area contributed by atoms with Crippen LogP contribution < -0.4 is 10.2 Å². The number of aromatic nitrogens is 1. The molecular formula is C23H18ClFN2O3. The van der Waals surface area contributed by atoms with Gasteiger partial charge in [-0.25, -0.2) is 4.39 Å². The third-order valence-electron chi connectivity index (χ3n) is 5.30. The summed E-state index contributed by atoms with van der Waals surface area (Å²) in [5.74, 6) is 0.389. The van der Waals surface area contributed by atoms with Crippen LogP contribution >= 0.6 is 11.6 Å². The van der Waals surface area contributed by atoms with Crippen molar-refractivity contribution in [3.05, 3.63) is 93.4 Å². The summed E-state index contributed by atoms with van der Waals surface area (Å²) >= 11 is 6.56. The molecule has 1 aliphatic heterocycles. The number of benzene rings is 2. The molecule has 2 aromatic carbocycles. The van der Waals surface area contributed by atoms with E-state index in [2.05, 4.69) is 4.90 Å². The maximum Gasteiger partial charge on any atom is 0.189 e. The van der Waals surface area contributed by atoms with Crippen molar-refractivity contribution in [1.82, 2.24) is 9.47 Å². The van der Waals surface area contributed by atoms with Gasteiger partial charge in [0.25, 0.3) is 0 Å². The smallest absolute Gasteiger partial charge is 0.189 e. The SMILES string of the molecule is O=c1ccocc1CN1CCOc2c(Cl)cc(-n3ccc4cc(F)ccc43)cc2C1. The summed E-state index contributed by atoms with van der Waals surface area (Å²) < 4.78 is 26.6. The highest BCUT2D eigenvalue weighted by Gasteiger charge is 2.20. The minimum absolute atomic E-state index is 0.0514. The number of hydrogen-bond donors (Lipinski definition) is 0. The van der Waals surface area contributed by atoms with Crippen molar-refractivity contribution in [3.8, 4) is 11.4 Å². The van der Waals surface area contributed by atoms with E-state index in [9.17, 15) is 9.18 Å². The Morgan fingerprint density at radius 2 is 2.03 bits per heavy atom. The summed E-state index contributed by atoms with van der Waals surface area (Å²) in [6.45, 7) is 2.15. The average molecular weight is 425 g/mol. The van der Waals surface area contributed by atoms with Gasteiger partial charge >= 0.3 is 0 Å². The third kappa shape index (κ3) is 3.49. The number of fused-ring (bicyclic) bond motifs is 2. The van der Waals surface area contributed by atoms with E-state index < -0.39 is 0 Å². The van der Waals surface area contributed by atoms with E-state index in [4.69, 9.17) is 20.8 Å². The maximum atomic E-state index is 13.6. The van der Waals surface area contributed by atoms with Crippen LogP contribution in [0.5, 0.6) is 5.75 Å². The molecule has 5 nitrogen and oxygen atoms in total. The molecule has 0 saturated carbocycles. The van der Waals surface area contributed by atoms with Crippen LogP contribution in [-0.4, -0.2) is 22.6 Å². The molecule has 0 spiro atoms. The second-order valence-electron chi connectivity index (χ2n) is 7.31. The van der Waals surface area contributed by atoms with E-state index in [-0.39, 0.29) is 11.2 Å². The Labute approximate surface area is 176 Å². The van der Waals surface area contributed by atoms with Crippen molar-refractivity contribution in [2.45, 2.75) is 13.1 Å². The summed E-state index contributed by atoms with van der Waals surface area (Å²) in [5.41, 5.74) is 3.23. The summed E-state index contributed by atoms with van der Waals surface area (Å²) in [6, 6.07) is 11.9. The zero-order valence-corrected chi connectivity index (χ0v) is 16.7. The van der Waals surface area contributed by atoms with Crippen LogP contribution in [0.15, 0.2) is 70.4 Å². The van der Waals surface area contributed by atoms with Gasteiger partial charge in [0, 0.05) is 54.1 Å². The molecule has 0 fully saturated rings. The Bertz CT molecular complexity index is 1300. The molecule has 0 aliphatic carbocycles. The van der Waals surface area contributed by atoms with Crippen LogP contribution in [0.3, 0.4) is 0 Å². The van der Waals surface area contributed by atoms with Gasteiger partial charge in [-0.2, -0.15) is 0 Å². The molecule has 0 atom stereocenters. The summed E-state index contributed by atoms with van der Waals surface area (Å²) in [5, 5.41) is 1.34. The van der Waals surface area contributed by atoms with E-state index in [0.717, 1.165) is 22.2 Å². The molecule has 0 saturated heterocycles. The Kier molecular flexibility index (Phi) is 4.81. The van der Waals surface area contributed by atoms with Gasteiger partial charge in [-0.1, -0.05) is 11.6 Å². The normalized spacial score (nSPS) is 14.3. The van der Waals surface area contributed by atoms with Gasteiger partial charge in [0.05, 0.1) is 23.1 Å². The van der Waals surface area contributed by atoms with E-state index in [1.54, 1.807) is 6.07 Å². The van der Waals surface area contributed by atoms with E-state index in [1.165, 1.54) is 30.7 Å². The van der Waals surface area contributed by atoms with Crippen LogP contribution in [0.1, 0.15) is 11.1 Å². The molecule has 0 amide bonds. The van der Waals surface area contributed by atoms with Crippen molar-refractivity contribution >= 4 is 22.5 Å². The van der Waals surface area contributed by atoms with E-state index in [1.807, 2.05) is 29.0 Å². The Morgan fingerprint density at radius 1 is 1.13 bits per heavy atom. The molecule has 4 aromatic rings. The van der Waals surface area contributed by atoms with Gasteiger partial charge in [-0.15, -0.1) is 0 Å². The zero-order chi connectivity index (χ0) is 20.7. The average Bonchev–Trinajstić information content (AvgIpc) is 3.02. The lowest BCUT2D eigenvalue weighted by molar-refractivity contribution is 0.218. The first-order chi connectivity index (χ1) is 14.6. The van der Waals surface area contributed by atoms with Crippen LogP contribution in [0.2, 0.25) is 5.02 Å². The van der Waals surface area contributed by atoms with Crippen molar-refractivity contribution in [1.29, 1.82) is 0 Å². The number of ether oxygens (including phenoxy) is 1. The molecule has 3 heterocycles. The third-order valence-corrected chi connectivity index (χ3v) is 5.58. The standard InChI is InChI=1S/C23H18ClFN2O3/c24-20-11-19(27-5-3-15-9-18(25)1-2-21(15)27)10-16-12-26(6-8-30-23(16)20)13-17-14-29-7-4-22(17)28/h1-5,7,9-11,14H,6,8,12-13H2. The molecule has 152 valence electrons. The fourth-order valence-electron chi connectivity index (χ4n) is 3.87. The van der Waals surface area contributed by atoms with Crippen LogP contribution in [0.4, 0.5) is 4.39 Å². The predicted octanol–water partition coefficient (Wildman–Crippen LogP) is 4.77. The number of rotatable bonds is 3. The van der Waals surface area contributed by atoms with E-state index >= 15 is 0 Å². The topological polar surface area (TPSA) is 47.6 Å². The van der Waals surface area contributed by atoms with Gasteiger partial charge < -0.3 is 13.7 Å².